The highest BCUT2D eigenvalue weighted by Gasteiger charge is 2.19. The Morgan fingerprint density at radius 2 is 1.89 bits per heavy atom. The lowest BCUT2D eigenvalue weighted by molar-refractivity contribution is -0.120. The zero-order valence-electron chi connectivity index (χ0n) is 14.9. The third kappa shape index (κ3) is 5.66. The van der Waals surface area contributed by atoms with E-state index in [0.29, 0.717) is 18.0 Å². The van der Waals surface area contributed by atoms with Gasteiger partial charge in [0.2, 0.25) is 11.8 Å². The molecule has 27 heavy (non-hydrogen) atoms. The first-order valence-electron chi connectivity index (χ1n) is 9.03. The first-order chi connectivity index (χ1) is 13.1. The van der Waals surface area contributed by atoms with Crippen molar-refractivity contribution in [3.05, 3.63) is 57.3 Å². The summed E-state index contributed by atoms with van der Waals surface area (Å²) in [5, 5.41) is 5.46. The summed E-state index contributed by atoms with van der Waals surface area (Å²) in [6, 6.07) is 11.0. The molecule has 2 N–H and O–H groups in total. The predicted molar refractivity (Wildman–Crippen MR) is 110 cm³/mol. The number of aromatic nitrogens is 1. The van der Waals surface area contributed by atoms with Gasteiger partial charge in [0, 0.05) is 21.9 Å². The third-order valence-electron chi connectivity index (χ3n) is 4.43. The molecule has 0 aliphatic heterocycles. The van der Waals surface area contributed by atoms with Crippen LogP contribution >= 0.6 is 22.6 Å². The van der Waals surface area contributed by atoms with Crippen molar-refractivity contribution in [3.8, 4) is 5.88 Å². The van der Waals surface area contributed by atoms with Crippen LogP contribution in [0.5, 0.6) is 5.88 Å². The van der Waals surface area contributed by atoms with Gasteiger partial charge in [0.25, 0.3) is 5.91 Å². The van der Waals surface area contributed by atoms with Gasteiger partial charge in [-0.2, -0.15) is 0 Å². The first kappa shape index (κ1) is 19.6. The molecule has 2 amide bonds. The van der Waals surface area contributed by atoms with Crippen molar-refractivity contribution in [2.45, 2.75) is 38.3 Å². The van der Waals surface area contributed by atoms with Crippen LogP contribution in [0.15, 0.2) is 42.6 Å². The number of ether oxygens (including phenoxy) is 1. The van der Waals surface area contributed by atoms with Gasteiger partial charge in [-0.15, -0.1) is 0 Å². The van der Waals surface area contributed by atoms with Crippen LogP contribution < -0.4 is 15.4 Å². The van der Waals surface area contributed by atoms with E-state index in [9.17, 15) is 9.59 Å². The highest BCUT2D eigenvalue weighted by atomic mass is 127. The summed E-state index contributed by atoms with van der Waals surface area (Å²) in [6.45, 7) is 0.232. The van der Waals surface area contributed by atoms with Gasteiger partial charge in [-0.3, -0.25) is 9.59 Å². The van der Waals surface area contributed by atoms with Gasteiger partial charge in [0.05, 0.1) is 12.1 Å². The van der Waals surface area contributed by atoms with Crippen LogP contribution in [0.25, 0.3) is 0 Å². The molecule has 1 aromatic heterocycles. The van der Waals surface area contributed by atoms with Crippen molar-refractivity contribution in [1.29, 1.82) is 0 Å². The van der Waals surface area contributed by atoms with E-state index in [-0.39, 0.29) is 24.5 Å². The maximum atomic E-state index is 12.2. The maximum absolute atomic E-state index is 12.2. The van der Waals surface area contributed by atoms with E-state index in [0.717, 1.165) is 22.0 Å². The summed E-state index contributed by atoms with van der Waals surface area (Å²) in [4.78, 5) is 28.6. The lowest BCUT2D eigenvalue weighted by atomic mass is 10.2. The Bertz CT molecular complexity index is 807. The fourth-order valence-corrected chi connectivity index (χ4v) is 3.62. The number of rotatable bonds is 7. The molecule has 0 radical (unpaired) electrons. The van der Waals surface area contributed by atoms with Gasteiger partial charge in [0.15, 0.2) is 0 Å². The van der Waals surface area contributed by atoms with Crippen LogP contribution in [0.4, 0.5) is 0 Å². The van der Waals surface area contributed by atoms with Gasteiger partial charge in [0.1, 0.15) is 6.10 Å². The largest absolute Gasteiger partial charge is 0.474 e. The standard InChI is InChI=1S/C20H22IN3O3/c21-17-10-4-3-9-16(17)19(26)24-13-18(25)23-12-14-6-5-11-22-20(14)27-15-7-1-2-8-15/h3-6,9-11,15H,1-2,7-8,12-13H2,(H,23,25)(H,24,26). The maximum Gasteiger partial charge on any atom is 0.252 e. The van der Waals surface area contributed by atoms with Crippen molar-refractivity contribution in [2.75, 3.05) is 6.54 Å². The van der Waals surface area contributed by atoms with Gasteiger partial charge >= 0.3 is 0 Å². The molecule has 1 fully saturated rings. The molecule has 0 spiro atoms. The number of amides is 2. The molecule has 1 heterocycles. The van der Waals surface area contributed by atoms with Gasteiger partial charge in [-0.1, -0.05) is 18.2 Å². The fourth-order valence-electron chi connectivity index (χ4n) is 2.99. The SMILES string of the molecule is O=C(CNC(=O)c1ccccc1I)NCc1cccnc1OC1CCCC1. The number of pyridine rings is 1. The zero-order valence-corrected chi connectivity index (χ0v) is 17.1. The second-order valence-electron chi connectivity index (χ2n) is 6.43. The van der Waals surface area contributed by atoms with E-state index in [1.54, 1.807) is 18.3 Å². The molecular weight excluding hydrogens is 457 g/mol. The lowest BCUT2D eigenvalue weighted by Crippen LogP contribution is -2.37. The van der Waals surface area contributed by atoms with Crippen molar-refractivity contribution in [2.24, 2.45) is 0 Å². The third-order valence-corrected chi connectivity index (χ3v) is 5.38. The molecule has 0 unspecified atom stereocenters. The summed E-state index contributed by atoms with van der Waals surface area (Å²) in [6.07, 6.45) is 6.37. The summed E-state index contributed by atoms with van der Waals surface area (Å²) in [5.41, 5.74) is 1.40. The molecule has 7 heteroatoms. The molecule has 142 valence electrons. The summed E-state index contributed by atoms with van der Waals surface area (Å²) >= 11 is 2.10. The number of hydrogen-bond donors (Lipinski definition) is 2. The number of carbonyl (C=O) groups excluding carboxylic acids is 2. The van der Waals surface area contributed by atoms with Crippen molar-refractivity contribution in [1.82, 2.24) is 15.6 Å². The van der Waals surface area contributed by atoms with Crippen LogP contribution in [0.2, 0.25) is 0 Å². The second-order valence-corrected chi connectivity index (χ2v) is 7.59. The molecular formula is C20H22IN3O3. The number of halogens is 1. The Morgan fingerprint density at radius 1 is 1.11 bits per heavy atom. The number of hydrogen-bond acceptors (Lipinski definition) is 4. The molecule has 0 atom stereocenters. The monoisotopic (exact) mass is 479 g/mol. The van der Waals surface area contributed by atoms with Crippen molar-refractivity contribution >= 4 is 34.4 Å². The molecule has 1 aliphatic rings. The van der Waals surface area contributed by atoms with Crippen LogP contribution in [0, 0.1) is 3.57 Å². The average Bonchev–Trinajstić information content (AvgIpc) is 3.19. The minimum absolute atomic E-state index is 0.0805. The Kier molecular flexibility index (Phi) is 7.03. The Hall–Kier alpha value is -2.16. The normalized spacial score (nSPS) is 14.0. The number of nitrogens with one attached hydrogen (secondary N) is 2. The smallest absolute Gasteiger partial charge is 0.252 e. The van der Waals surface area contributed by atoms with E-state index in [2.05, 4.69) is 38.2 Å². The summed E-state index contributed by atoms with van der Waals surface area (Å²) in [5.74, 6) is 0.0549. The van der Waals surface area contributed by atoms with E-state index in [1.807, 2.05) is 24.3 Å². The van der Waals surface area contributed by atoms with Crippen molar-refractivity contribution in [3.63, 3.8) is 0 Å². The Labute approximate surface area is 172 Å². The molecule has 3 rings (SSSR count). The Balaban J connectivity index is 1.49. The molecule has 0 saturated heterocycles. The van der Waals surface area contributed by atoms with Crippen LogP contribution in [-0.2, 0) is 11.3 Å². The molecule has 0 bridgehead atoms. The number of carbonyl (C=O) groups is 2. The van der Waals surface area contributed by atoms with E-state index < -0.39 is 0 Å². The van der Waals surface area contributed by atoms with Crippen LogP contribution in [0.1, 0.15) is 41.6 Å². The molecule has 2 aromatic rings. The molecule has 1 aromatic carbocycles. The van der Waals surface area contributed by atoms with E-state index >= 15 is 0 Å². The fraction of sp³-hybridized carbons (Fsp3) is 0.350. The minimum Gasteiger partial charge on any atom is -0.474 e. The molecule has 1 aliphatic carbocycles. The predicted octanol–water partition coefficient (Wildman–Crippen LogP) is 3.05. The molecule has 1 saturated carbocycles. The van der Waals surface area contributed by atoms with Crippen LogP contribution in [-0.4, -0.2) is 29.4 Å². The van der Waals surface area contributed by atoms with Gasteiger partial charge < -0.3 is 15.4 Å². The van der Waals surface area contributed by atoms with Crippen LogP contribution in [0.3, 0.4) is 0 Å². The highest BCUT2D eigenvalue weighted by molar-refractivity contribution is 14.1. The minimum atomic E-state index is -0.262. The highest BCUT2D eigenvalue weighted by Crippen LogP contribution is 2.24. The first-order valence-corrected chi connectivity index (χ1v) is 10.1. The Morgan fingerprint density at radius 3 is 2.67 bits per heavy atom. The topological polar surface area (TPSA) is 80.3 Å². The van der Waals surface area contributed by atoms with Crippen molar-refractivity contribution < 1.29 is 14.3 Å². The van der Waals surface area contributed by atoms with E-state index in [1.165, 1.54) is 12.8 Å². The number of benzene rings is 1. The van der Waals surface area contributed by atoms with E-state index in [4.69, 9.17) is 4.74 Å². The summed E-state index contributed by atoms with van der Waals surface area (Å²) in [7, 11) is 0. The number of nitrogens with zero attached hydrogens (tertiary/aromatic N) is 1. The quantitative estimate of drug-likeness (QED) is 0.599. The summed E-state index contributed by atoms with van der Waals surface area (Å²) < 4.78 is 6.82. The molecule has 6 nitrogen and oxygen atoms in total. The van der Waals surface area contributed by atoms with Gasteiger partial charge in [-0.25, -0.2) is 4.98 Å². The average molecular weight is 479 g/mol. The second kappa shape index (κ2) is 9.68. The van der Waals surface area contributed by atoms with Gasteiger partial charge in [-0.05, 0) is 66.5 Å². The zero-order chi connectivity index (χ0) is 19.1. The lowest BCUT2D eigenvalue weighted by Gasteiger charge is -2.15.